The van der Waals surface area contributed by atoms with E-state index >= 15 is 0 Å². The number of aliphatic hydroxyl groups excluding tert-OH is 1. The van der Waals surface area contributed by atoms with Crippen molar-refractivity contribution < 1.29 is 30.0 Å². The number of hydrogen-bond donors (Lipinski definition) is 1. The summed E-state index contributed by atoms with van der Waals surface area (Å²) in [5.74, 6) is 0.547. The van der Waals surface area contributed by atoms with Gasteiger partial charge in [-0.3, -0.25) is 9.78 Å². The summed E-state index contributed by atoms with van der Waals surface area (Å²) in [5, 5.41) is 13.4. The summed E-state index contributed by atoms with van der Waals surface area (Å²) < 4.78 is 0. The van der Waals surface area contributed by atoms with E-state index in [4.69, 9.17) is 4.98 Å². The Labute approximate surface area is 261 Å². The van der Waals surface area contributed by atoms with Crippen LogP contribution in [-0.2, 0) is 30.3 Å². The summed E-state index contributed by atoms with van der Waals surface area (Å²) in [6.07, 6.45) is 4.91. The maximum atomic E-state index is 11.7. The molecule has 1 aromatic heterocycles. The van der Waals surface area contributed by atoms with Gasteiger partial charge in [-0.05, 0) is 59.9 Å². The predicted octanol–water partition coefficient (Wildman–Crippen LogP) is 10.7. The van der Waals surface area contributed by atoms with E-state index in [9.17, 15) is 9.90 Å². The topological polar surface area (TPSA) is 50.2 Å². The standard InChI is InChI=1S/C23H20N.C13H24O2.CH4.Ir/c1-23(2,3)18-12-14-21-17(15-18)11-13-22(24-21)20-10-6-8-16-7-4-5-9-19(16)20;1-5-10(6-2)12(14)9-13(15)11(7-3)8-4;;/h4-9,11-15H,1-3H3;9-11,14H,5-8H2,1-4H3;1H4;/q-1;;;. The minimum atomic E-state index is 0. The molecule has 4 heteroatoms. The largest absolute Gasteiger partial charge is 0.512 e. The van der Waals surface area contributed by atoms with Gasteiger partial charge in [-0.2, -0.15) is 0 Å². The Hall–Kier alpha value is -2.81. The van der Waals surface area contributed by atoms with E-state index in [1.54, 1.807) is 0 Å². The van der Waals surface area contributed by atoms with Crippen LogP contribution in [0.5, 0.6) is 0 Å². The fraction of sp³-hybridized carbons (Fsp3) is 0.405. The Morgan fingerprint density at radius 1 is 0.878 bits per heavy atom. The van der Waals surface area contributed by atoms with Crippen LogP contribution in [0.25, 0.3) is 32.9 Å². The number of allylic oxidation sites excluding steroid dienone is 2. The normalized spacial score (nSPS) is 11.6. The molecule has 0 aliphatic carbocycles. The Morgan fingerprint density at radius 3 is 2.12 bits per heavy atom. The number of rotatable bonds is 8. The molecule has 0 unspecified atom stereocenters. The SMILES string of the molecule is C.CC(C)(C)c1ccc2nc(-c3[c-]ccc4ccccc34)ccc2c1.CCC(CC)C(=O)C=C(O)C(CC)CC.[Ir]. The van der Waals surface area contributed by atoms with Crippen molar-refractivity contribution in [2.24, 2.45) is 11.8 Å². The molecule has 223 valence electrons. The van der Waals surface area contributed by atoms with Gasteiger partial charge in [0.25, 0.3) is 0 Å². The molecule has 0 aliphatic rings. The summed E-state index contributed by atoms with van der Waals surface area (Å²) in [6.45, 7) is 14.8. The molecule has 0 fully saturated rings. The second-order valence-electron chi connectivity index (χ2n) is 11.3. The number of ketones is 1. The van der Waals surface area contributed by atoms with E-state index in [1.807, 2.05) is 33.8 Å². The molecule has 0 bridgehead atoms. The van der Waals surface area contributed by atoms with Crippen molar-refractivity contribution in [3.8, 4) is 11.3 Å². The van der Waals surface area contributed by atoms with Crippen LogP contribution < -0.4 is 0 Å². The molecule has 3 nitrogen and oxygen atoms in total. The van der Waals surface area contributed by atoms with Crippen LogP contribution in [0.3, 0.4) is 0 Å². The zero-order valence-electron chi connectivity index (χ0n) is 25.0. The van der Waals surface area contributed by atoms with Crippen molar-refractivity contribution in [3.05, 3.63) is 90.2 Å². The Balaban J connectivity index is 0.000000436. The van der Waals surface area contributed by atoms with Crippen LogP contribution in [0.2, 0.25) is 0 Å². The molecule has 0 aliphatic heterocycles. The van der Waals surface area contributed by atoms with Crippen LogP contribution in [0, 0.1) is 17.9 Å². The van der Waals surface area contributed by atoms with Gasteiger partial charge < -0.3 is 5.11 Å². The molecule has 0 saturated carbocycles. The molecule has 1 heterocycles. The first kappa shape index (κ1) is 36.2. The van der Waals surface area contributed by atoms with Crippen LogP contribution in [0.4, 0.5) is 0 Å². The minimum Gasteiger partial charge on any atom is -0.512 e. The first-order valence-electron chi connectivity index (χ1n) is 14.4. The second kappa shape index (κ2) is 16.6. The van der Waals surface area contributed by atoms with Gasteiger partial charge in [0.15, 0.2) is 5.78 Å². The van der Waals surface area contributed by atoms with Crippen molar-refractivity contribution in [2.75, 3.05) is 0 Å². The maximum absolute atomic E-state index is 11.7. The molecule has 1 N–H and O–H groups in total. The molecule has 0 spiro atoms. The van der Waals surface area contributed by atoms with Crippen molar-refractivity contribution in [2.45, 2.75) is 87.0 Å². The molecular weight excluding hydrogens is 683 g/mol. The van der Waals surface area contributed by atoms with E-state index in [-0.39, 0.29) is 56.3 Å². The third kappa shape index (κ3) is 9.35. The molecule has 0 amide bonds. The third-order valence-electron chi connectivity index (χ3n) is 7.61. The summed E-state index contributed by atoms with van der Waals surface area (Å²) >= 11 is 0. The van der Waals surface area contributed by atoms with E-state index in [1.165, 1.54) is 27.8 Å². The molecule has 4 rings (SSSR count). The van der Waals surface area contributed by atoms with Crippen molar-refractivity contribution in [1.29, 1.82) is 0 Å². The summed E-state index contributed by atoms with van der Waals surface area (Å²) in [6, 6.07) is 26.7. The average molecular weight is 731 g/mol. The van der Waals surface area contributed by atoms with Gasteiger partial charge in [-0.25, -0.2) is 0 Å². The Kier molecular flexibility index (Phi) is 14.7. The number of nitrogens with zero attached hydrogens (tertiary/aromatic N) is 1. The summed E-state index contributed by atoms with van der Waals surface area (Å²) in [4.78, 5) is 16.6. The molecular formula is C37H48IrNO2-. The number of carbonyl (C=O) groups is 1. The van der Waals surface area contributed by atoms with Crippen LogP contribution in [0.15, 0.2) is 78.6 Å². The molecule has 3 aromatic carbocycles. The number of aromatic nitrogens is 1. The van der Waals surface area contributed by atoms with Gasteiger partial charge in [-0.15, -0.1) is 29.1 Å². The molecule has 41 heavy (non-hydrogen) atoms. The maximum Gasteiger partial charge on any atom is 0.162 e. The summed E-state index contributed by atoms with van der Waals surface area (Å²) in [5.41, 5.74) is 4.55. The third-order valence-corrected chi connectivity index (χ3v) is 7.61. The van der Waals surface area contributed by atoms with Gasteiger partial charge in [0.2, 0.25) is 0 Å². The van der Waals surface area contributed by atoms with Gasteiger partial charge in [0.05, 0.1) is 11.3 Å². The van der Waals surface area contributed by atoms with Crippen molar-refractivity contribution in [1.82, 2.24) is 4.98 Å². The average Bonchev–Trinajstić information content (AvgIpc) is 2.93. The molecule has 0 atom stereocenters. The monoisotopic (exact) mass is 731 g/mol. The quantitative estimate of drug-likeness (QED) is 0.112. The Bertz CT molecular complexity index is 1420. The van der Waals surface area contributed by atoms with Crippen LogP contribution in [-0.4, -0.2) is 15.9 Å². The van der Waals surface area contributed by atoms with Gasteiger partial charge in [0, 0.05) is 38.0 Å². The molecule has 4 aromatic rings. The predicted molar refractivity (Wildman–Crippen MR) is 173 cm³/mol. The van der Waals surface area contributed by atoms with E-state index in [2.05, 4.69) is 87.5 Å². The van der Waals surface area contributed by atoms with E-state index < -0.39 is 0 Å². The Morgan fingerprint density at radius 2 is 1.51 bits per heavy atom. The summed E-state index contributed by atoms with van der Waals surface area (Å²) in [7, 11) is 0. The molecule has 1 radical (unpaired) electrons. The van der Waals surface area contributed by atoms with Crippen LogP contribution >= 0.6 is 0 Å². The van der Waals surface area contributed by atoms with Crippen LogP contribution in [0.1, 0.15) is 87.1 Å². The zero-order chi connectivity index (χ0) is 28.6. The second-order valence-corrected chi connectivity index (χ2v) is 11.3. The van der Waals surface area contributed by atoms with Crippen molar-refractivity contribution in [3.63, 3.8) is 0 Å². The number of benzene rings is 3. The van der Waals surface area contributed by atoms with Gasteiger partial charge in [-0.1, -0.05) is 104 Å². The minimum absolute atomic E-state index is 0. The van der Waals surface area contributed by atoms with Gasteiger partial charge in [0.1, 0.15) is 0 Å². The first-order valence-corrected chi connectivity index (χ1v) is 14.4. The van der Waals surface area contributed by atoms with E-state index in [0.29, 0.717) is 0 Å². The van der Waals surface area contributed by atoms with Crippen molar-refractivity contribution >= 4 is 27.5 Å². The number of pyridine rings is 1. The zero-order valence-corrected chi connectivity index (χ0v) is 27.4. The number of fused-ring (bicyclic) bond motifs is 2. The fourth-order valence-electron chi connectivity index (χ4n) is 4.89. The van der Waals surface area contributed by atoms with Gasteiger partial charge >= 0.3 is 0 Å². The fourth-order valence-corrected chi connectivity index (χ4v) is 4.89. The number of aliphatic hydroxyl groups is 1. The van der Waals surface area contributed by atoms with E-state index in [0.717, 1.165) is 42.5 Å². The first-order chi connectivity index (χ1) is 18.6. The number of hydrogen-bond acceptors (Lipinski definition) is 3. The number of carbonyl (C=O) groups excluding carboxylic acids is 1. The smallest absolute Gasteiger partial charge is 0.162 e. The molecule has 0 saturated heterocycles.